The molecule has 0 aliphatic carbocycles. The van der Waals surface area contributed by atoms with E-state index in [0.29, 0.717) is 12.1 Å². The Morgan fingerprint density at radius 1 is 1.35 bits per heavy atom. The minimum Gasteiger partial charge on any atom is -0.398 e. The van der Waals surface area contributed by atoms with E-state index in [-0.39, 0.29) is 0 Å². The molecular weight excluding hydrogens is 280 g/mol. The van der Waals surface area contributed by atoms with Gasteiger partial charge < -0.3 is 10.8 Å². The number of nitrogens with zero attached hydrogens (tertiary/aromatic N) is 1. The zero-order valence-electron chi connectivity index (χ0n) is 9.18. The molecule has 1 aromatic carbocycles. The highest BCUT2D eigenvalue weighted by Gasteiger charge is 2.10. The molecule has 3 N–H and O–H groups in total. The number of aliphatic hydroxyl groups is 1. The number of halogens is 1. The average molecular weight is 293 g/mol. The Hall–Kier alpha value is -1.39. The Kier molecular flexibility index (Phi) is 3.76. The molecule has 0 aliphatic rings. The number of aliphatic hydroxyl groups excluding tert-OH is 1. The van der Waals surface area contributed by atoms with Gasteiger partial charge in [0.2, 0.25) is 0 Å². The van der Waals surface area contributed by atoms with Gasteiger partial charge in [0.1, 0.15) is 0 Å². The van der Waals surface area contributed by atoms with Crippen molar-refractivity contribution in [2.24, 2.45) is 0 Å². The molecule has 1 unspecified atom stereocenters. The van der Waals surface area contributed by atoms with Crippen LogP contribution in [0.3, 0.4) is 0 Å². The Labute approximate surface area is 108 Å². The fourth-order valence-electron chi connectivity index (χ4n) is 1.65. The lowest BCUT2D eigenvalue weighted by Gasteiger charge is -2.12. The number of rotatable bonds is 3. The van der Waals surface area contributed by atoms with Crippen molar-refractivity contribution in [1.29, 1.82) is 0 Å². The van der Waals surface area contributed by atoms with Crippen LogP contribution in [0, 0.1) is 0 Å². The Bertz CT molecular complexity index is 516. The molecule has 1 heterocycles. The van der Waals surface area contributed by atoms with Crippen molar-refractivity contribution in [3.63, 3.8) is 0 Å². The normalized spacial score (nSPS) is 12.4. The molecule has 0 bridgehead atoms. The smallest absolute Gasteiger partial charge is 0.0832 e. The fraction of sp³-hybridized carbons (Fsp3) is 0.154. The van der Waals surface area contributed by atoms with Gasteiger partial charge in [-0.1, -0.05) is 28.1 Å². The van der Waals surface area contributed by atoms with Gasteiger partial charge in [-0.2, -0.15) is 0 Å². The molecule has 0 saturated carbocycles. The number of anilines is 1. The predicted molar refractivity (Wildman–Crippen MR) is 71.5 cm³/mol. The van der Waals surface area contributed by atoms with E-state index in [4.69, 9.17) is 5.73 Å². The standard InChI is InChI=1S/C13H13BrN2O/c14-11-3-1-2-9(6-11)13(17)7-10-8-16-5-4-12(10)15/h1-6,8,13,17H,7H2,(H2,15,16). The summed E-state index contributed by atoms with van der Waals surface area (Å²) in [5, 5.41) is 10.1. The van der Waals surface area contributed by atoms with Crippen LogP contribution in [0.4, 0.5) is 5.69 Å². The van der Waals surface area contributed by atoms with E-state index in [0.717, 1.165) is 15.6 Å². The summed E-state index contributed by atoms with van der Waals surface area (Å²) in [6.07, 6.45) is 3.23. The Morgan fingerprint density at radius 2 is 2.18 bits per heavy atom. The maximum Gasteiger partial charge on any atom is 0.0832 e. The number of nitrogen functional groups attached to an aromatic ring is 1. The van der Waals surface area contributed by atoms with Gasteiger partial charge in [-0.25, -0.2) is 0 Å². The second-order valence-corrected chi connectivity index (χ2v) is 4.77. The van der Waals surface area contributed by atoms with Crippen molar-refractivity contribution in [3.05, 3.63) is 58.3 Å². The average Bonchev–Trinajstić information content (AvgIpc) is 2.32. The van der Waals surface area contributed by atoms with Crippen molar-refractivity contribution in [1.82, 2.24) is 4.98 Å². The van der Waals surface area contributed by atoms with Gasteiger partial charge in [0.05, 0.1) is 6.10 Å². The maximum absolute atomic E-state index is 10.1. The maximum atomic E-state index is 10.1. The van der Waals surface area contributed by atoms with Crippen molar-refractivity contribution >= 4 is 21.6 Å². The molecule has 0 aliphatic heterocycles. The Balaban J connectivity index is 2.17. The topological polar surface area (TPSA) is 59.1 Å². The highest BCUT2D eigenvalue weighted by Crippen LogP contribution is 2.23. The van der Waals surface area contributed by atoms with Crippen molar-refractivity contribution in [2.75, 3.05) is 5.73 Å². The van der Waals surface area contributed by atoms with E-state index in [1.54, 1.807) is 18.5 Å². The first-order valence-corrected chi connectivity index (χ1v) is 6.08. The first-order valence-electron chi connectivity index (χ1n) is 5.28. The molecule has 0 saturated heterocycles. The molecule has 88 valence electrons. The van der Waals surface area contributed by atoms with Crippen LogP contribution in [0.5, 0.6) is 0 Å². The molecule has 0 fully saturated rings. The van der Waals surface area contributed by atoms with E-state index < -0.39 is 6.10 Å². The lowest BCUT2D eigenvalue weighted by atomic mass is 10.0. The van der Waals surface area contributed by atoms with E-state index in [1.807, 2.05) is 24.3 Å². The quantitative estimate of drug-likeness (QED) is 0.914. The van der Waals surface area contributed by atoms with Crippen LogP contribution in [-0.4, -0.2) is 10.1 Å². The summed E-state index contributed by atoms with van der Waals surface area (Å²) < 4.78 is 0.952. The minimum atomic E-state index is -0.570. The molecule has 4 heteroatoms. The molecule has 2 rings (SSSR count). The molecule has 2 aromatic rings. The largest absolute Gasteiger partial charge is 0.398 e. The third kappa shape index (κ3) is 3.05. The number of nitrogens with two attached hydrogens (primary N) is 1. The van der Waals surface area contributed by atoms with Crippen LogP contribution in [0.25, 0.3) is 0 Å². The molecule has 1 aromatic heterocycles. The number of hydrogen-bond acceptors (Lipinski definition) is 3. The minimum absolute atomic E-state index is 0.468. The van der Waals surface area contributed by atoms with Crippen LogP contribution in [0.1, 0.15) is 17.2 Å². The van der Waals surface area contributed by atoms with Gasteiger partial charge >= 0.3 is 0 Å². The SMILES string of the molecule is Nc1ccncc1CC(O)c1cccc(Br)c1. The third-order valence-electron chi connectivity index (χ3n) is 2.59. The highest BCUT2D eigenvalue weighted by molar-refractivity contribution is 9.10. The predicted octanol–water partition coefficient (Wildman–Crippen LogP) is 2.70. The lowest BCUT2D eigenvalue weighted by Crippen LogP contribution is -2.04. The van der Waals surface area contributed by atoms with E-state index in [1.165, 1.54) is 0 Å². The summed E-state index contributed by atoms with van der Waals surface area (Å²) in [6, 6.07) is 9.35. The van der Waals surface area contributed by atoms with E-state index in [2.05, 4.69) is 20.9 Å². The summed E-state index contributed by atoms with van der Waals surface area (Å²) in [6.45, 7) is 0. The highest BCUT2D eigenvalue weighted by atomic mass is 79.9. The van der Waals surface area contributed by atoms with E-state index >= 15 is 0 Å². The van der Waals surface area contributed by atoms with Gasteiger partial charge in [0, 0.05) is 29.0 Å². The summed E-state index contributed by atoms with van der Waals surface area (Å²) in [5.74, 6) is 0. The van der Waals surface area contributed by atoms with Crippen LogP contribution in [-0.2, 0) is 6.42 Å². The zero-order valence-corrected chi connectivity index (χ0v) is 10.8. The summed E-state index contributed by atoms with van der Waals surface area (Å²) in [4.78, 5) is 4.01. The van der Waals surface area contributed by atoms with Crippen LogP contribution in [0.2, 0.25) is 0 Å². The second-order valence-electron chi connectivity index (χ2n) is 3.85. The van der Waals surface area contributed by atoms with Gasteiger partial charge in [0.25, 0.3) is 0 Å². The first-order chi connectivity index (χ1) is 8.16. The van der Waals surface area contributed by atoms with Gasteiger partial charge in [-0.05, 0) is 29.3 Å². The molecule has 0 spiro atoms. The molecule has 1 atom stereocenters. The summed E-state index contributed by atoms with van der Waals surface area (Å²) in [5.41, 5.74) is 8.20. The third-order valence-corrected chi connectivity index (χ3v) is 3.08. The van der Waals surface area contributed by atoms with Crippen LogP contribution < -0.4 is 5.73 Å². The van der Waals surface area contributed by atoms with Crippen LogP contribution >= 0.6 is 15.9 Å². The van der Waals surface area contributed by atoms with Gasteiger partial charge in [-0.3, -0.25) is 4.98 Å². The number of pyridine rings is 1. The zero-order chi connectivity index (χ0) is 12.3. The number of aromatic nitrogens is 1. The van der Waals surface area contributed by atoms with Crippen molar-refractivity contribution in [2.45, 2.75) is 12.5 Å². The fourth-order valence-corrected chi connectivity index (χ4v) is 2.07. The summed E-state index contributed by atoms with van der Waals surface area (Å²) in [7, 11) is 0. The van der Waals surface area contributed by atoms with E-state index in [9.17, 15) is 5.11 Å². The Morgan fingerprint density at radius 3 is 2.88 bits per heavy atom. The monoisotopic (exact) mass is 292 g/mol. The molecule has 3 nitrogen and oxygen atoms in total. The first kappa shape index (κ1) is 12.1. The van der Waals surface area contributed by atoms with Crippen LogP contribution in [0.15, 0.2) is 47.2 Å². The molecule has 0 radical (unpaired) electrons. The molecular formula is C13H13BrN2O. The van der Waals surface area contributed by atoms with Gasteiger partial charge in [-0.15, -0.1) is 0 Å². The van der Waals surface area contributed by atoms with Crippen molar-refractivity contribution < 1.29 is 5.11 Å². The molecule has 0 amide bonds. The molecule has 17 heavy (non-hydrogen) atoms. The second kappa shape index (κ2) is 5.29. The van der Waals surface area contributed by atoms with Crippen molar-refractivity contribution in [3.8, 4) is 0 Å². The number of hydrogen-bond donors (Lipinski definition) is 2. The lowest BCUT2D eigenvalue weighted by molar-refractivity contribution is 0.178. The van der Waals surface area contributed by atoms with Gasteiger partial charge in [0.15, 0.2) is 0 Å². The number of benzene rings is 1. The summed E-state index contributed by atoms with van der Waals surface area (Å²) >= 11 is 3.38.